The Balaban J connectivity index is 1.82. The van der Waals surface area contributed by atoms with Gasteiger partial charge in [-0.15, -0.1) is 5.10 Å². The van der Waals surface area contributed by atoms with Gasteiger partial charge in [-0.05, 0) is 24.6 Å². The largest absolute Gasteiger partial charge is 0.399 e. The highest BCUT2D eigenvalue weighted by atomic mass is 15.4. The van der Waals surface area contributed by atoms with Gasteiger partial charge >= 0.3 is 0 Å². The summed E-state index contributed by atoms with van der Waals surface area (Å²) < 4.78 is 1.84. The normalized spacial score (nSPS) is 10.7. The number of nitrogens with zero attached hydrogens (tertiary/aromatic N) is 3. The molecule has 1 aromatic heterocycles. The Morgan fingerprint density at radius 3 is 2.65 bits per heavy atom. The molecule has 0 spiro atoms. The third-order valence-electron chi connectivity index (χ3n) is 3.19. The summed E-state index contributed by atoms with van der Waals surface area (Å²) in [5.41, 5.74) is 10.8. The molecule has 4 nitrogen and oxygen atoms in total. The predicted molar refractivity (Wildman–Crippen MR) is 80.2 cm³/mol. The number of nitrogen functional groups attached to an aromatic ring is 1. The summed E-state index contributed by atoms with van der Waals surface area (Å²) in [6, 6.07) is 16.1. The lowest BCUT2D eigenvalue weighted by molar-refractivity contribution is 0.649. The number of anilines is 1. The van der Waals surface area contributed by atoms with E-state index in [4.69, 9.17) is 5.73 Å². The molecule has 2 N–H and O–H groups in total. The van der Waals surface area contributed by atoms with E-state index in [2.05, 4.69) is 41.5 Å². The van der Waals surface area contributed by atoms with Crippen LogP contribution < -0.4 is 5.73 Å². The molecule has 0 aliphatic heterocycles. The minimum Gasteiger partial charge on any atom is -0.399 e. The summed E-state index contributed by atoms with van der Waals surface area (Å²) >= 11 is 0. The summed E-state index contributed by atoms with van der Waals surface area (Å²) in [5, 5.41) is 8.36. The number of nitrogens with two attached hydrogens (primary N) is 1. The molecule has 0 saturated carbocycles. The number of aromatic nitrogens is 3. The first-order valence-corrected chi connectivity index (χ1v) is 6.52. The van der Waals surface area contributed by atoms with Crippen LogP contribution in [0, 0.1) is 6.92 Å². The second kappa shape index (κ2) is 5.17. The van der Waals surface area contributed by atoms with Gasteiger partial charge in [-0.25, -0.2) is 4.68 Å². The van der Waals surface area contributed by atoms with Crippen LogP contribution in [-0.4, -0.2) is 15.0 Å². The molecule has 0 fully saturated rings. The van der Waals surface area contributed by atoms with Crippen molar-refractivity contribution in [3.63, 3.8) is 0 Å². The first kappa shape index (κ1) is 12.4. The quantitative estimate of drug-likeness (QED) is 0.740. The number of rotatable bonds is 3. The Morgan fingerprint density at radius 1 is 1.10 bits per heavy atom. The Bertz CT molecular complexity index is 713. The van der Waals surface area contributed by atoms with Gasteiger partial charge in [0.25, 0.3) is 0 Å². The molecule has 0 atom stereocenters. The molecule has 0 bridgehead atoms. The molecule has 0 radical (unpaired) electrons. The van der Waals surface area contributed by atoms with Crippen LogP contribution >= 0.6 is 0 Å². The molecule has 1 heterocycles. The summed E-state index contributed by atoms with van der Waals surface area (Å²) in [7, 11) is 0. The molecule has 0 unspecified atom stereocenters. The molecule has 0 aliphatic rings. The topological polar surface area (TPSA) is 56.7 Å². The second-order valence-corrected chi connectivity index (χ2v) is 4.91. The third kappa shape index (κ3) is 2.69. The molecule has 2 aromatic carbocycles. The molecule has 4 heteroatoms. The highest BCUT2D eigenvalue weighted by Crippen LogP contribution is 2.18. The Morgan fingerprint density at radius 2 is 1.90 bits per heavy atom. The summed E-state index contributed by atoms with van der Waals surface area (Å²) in [6.45, 7) is 2.80. The fourth-order valence-electron chi connectivity index (χ4n) is 2.09. The van der Waals surface area contributed by atoms with E-state index in [0.717, 1.165) is 23.5 Å². The van der Waals surface area contributed by atoms with Crippen LogP contribution in [-0.2, 0) is 6.54 Å². The summed E-state index contributed by atoms with van der Waals surface area (Å²) in [5.74, 6) is 0. The lowest BCUT2D eigenvalue weighted by Crippen LogP contribution is -2.00. The Kier molecular flexibility index (Phi) is 3.21. The fourth-order valence-corrected chi connectivity index (χ4v) is 2.09. The highest BCUT2D eigenvalue weighted by Gasteiger charge is 2.04. The van der Waals surface area contributed by atoms with Crippen molar-refractivity contribution < 1.29 is 0 Å². The van der Waals surface area contributed by atoms with Crippen molar-refractivity contribution in [2.24, 2.45) is 0 Å². The van der Waals surface area contributed by atoms with E-state index in [1.54, 1.807) is 0 Å². The predicted octanol–water partition coefficient (Wildman–Crippen LogP) is 2.88. The summed E-state index contributed by atoms with van der Waals surface area (Å²) in [4.78, 5) is 0. The van der Waals surface area contributed by atoms with Gasteiger partial charge in [0.05, 0.1) is 12.7 Å². The van der Waals surface area contributed by atoms with E-state index in [9.17, 15) is 0 Å². The summed E-state index contributed by atoms with van der Waals surface area (Å²) in [6.07, 6.45) is 1.94. The van der Waals surface area contributed by atoms with Crippen LogP contribution in [0.5, 0.6) is 0 Å². The van der Waals surface area contributed by atoms with Crippen molar-refractivity contribution in [1.29, 1.82) is 0 Å². The maximum atomic E-state index is 5.79. The van der Waals surface area contributed by atoms with Gasteiger partial charge in [-0.3, -0.25) is 0 Å². The van der Waals surface area contributed by atoms with Crippen molar-refractivity contribution in [1.82, 2.24) is 15.0 Å². The van der Waals surface area contributed by atoms with Gasteiger partial charge in [0.15, 0.2) is 0 Å². The van der Waals surface area contributed by atoms with Crippen LogP contribution in [0.2, 0.25) is 0 Å². The second-order valence-electron chi connectivity index (χ2n) is 4.91. The van der Waals surface area contributed by atoms with E-state index < -0.39 is 0 Å². The van der Waals surface area contributed by atoms with Crippen LogP contribution in [0.4, 0.5) is 5.69 Å². The average molecular weight is 264 g/mol. The van der Waals surface area contributed by atoms with Gasteiger partial charge in [0, 0.05) is 11.3 Å². The number of benzene rings is 2. The molecular weight excluding hydrogens is 248 g/mol. The van der Waals surface area contributed by atoms with Gasteiger partial charge < -0.3 is 5.73 Å². The van der Waals surface area contributed by atoms with E-state index in [-0.39, 0.29) is 0 Å². The molecular formula is C16H16N4. The van der Waals surface area contributed by atoms with Crippen LogP contribution in [0.3, 0.4) is 0 Å². The molecule has 100 valence electrons. The smallest absolute Gasteiger partial charge is 0.113 e. The van der Waals surface area contributed by atoms with Crippen molar-refractivity contribution >= 4 is 5.69 Å². The number of hydrogen-bond acceptors (Lipinski definition) is 3. The lowest BCUT2D eigenvalue weighted by atomic mass is 10.1. The lowest BCUT2D eigenvalue weighted by Gasteiger charge is -2.01. The van der Waals surface area contributed by atoms with Crippen LogP contribution in [0.1, 0.15) is 11.1 Å². The molecule has 3 rings (SSSR count). The zero-order valence-electron chi connectivity index (χ0n) is 11.3. The molecule has 20 heavy (non-hydrogen) atoms. The maximum Gasteiger partial charge on any atom is 0.113 e. The first-order chi connectivity index (χ1) is 9.70. The van der Waals surface area contributed by atoms with E-state index in [1.807, 2.05) is 35.1 Å². The molecule has 0 amide bonds. The van der Waals surface area contributed by atoms with Crippen LogP contribution in [0.25, 0.3) is 11.3 Å². The minimum absolute atomic E-state index is 0.718. The van der Waals surface area contributed by atoms with Crippen molar-refractivity contribution in [2.75, 3.05) is 5.73 Å². The SMILES string of the molecule is Cc1ccc(Cn2cc(-c3cccc(N)c3)nn2)cc1. The monoisotopic (exact) mass is 264 g/mol. The van der Waals surface area contributed by atoms with Crippen LogP contribution in [0.15, 0.2) is 54.7 Å². The Hall–Kier alpha value is -2.62. The van der Waals surface area contributed by atoms with E-state index in [0.29, 0.717) is 0 Å². The standard InChI is InChI=1S/C16H16N4/c1-12-5-7-13(8-6-12)10-20-11-16(18-19-20)14-3-2-4-15(17)9-14/h2-9,11H,10,17H2,1H3. The number of aryl methyl sites for hydroxylation is 1. The van der Waals surface area contributed by atoms with Gasteiger partial charge in [0.2, 0.25) is 0 Å². The van der Waals surface area contributed by atoms with Gasteiger partial charge in [-0.2, -0.15) is 0 Å². The van der Waals surface area contributed by atoms with Crippen molar-refractivity contribution in [3.05, 3.63) is 65.9 Å². The maximum absolute atomic E-state index is 5.79. The fraction of sp³-hybridized carbons (Fsp3) is 0.125. The highest BCUT2D eigenvalue weighted by molar-refractivity contribution is 5.62. The molecule has 0 saturated heterocycles. The van der Waals surface area contributed by atoms with Gasteiger partial charge in [-0.1, -0.05) is 47.2 Å². The van der Waals surface area contributed by atoms with Crippen molar-refractivity contribution in [2.45, 2.75) is 13.5 Å². The Labute approximate surface area is 117 Å². The minimum atomic E-state index is 0.718. The first-order valence-electron chi connectivity index (χ1n) is 6.52. The molecule has 0 aliphatic carbocycles. The van der Waals surface area contributed by atoms with E-state index >= 15 is 0 Å². The number of hydrogen-bond donors (Lipinski definition) is 1. The zero-order chi connectivity index (χ0) is 13.9. The molecule has 3 aromatic rings. The van der Waals surface area contributed by atoms with E-state index in [1.165, 1.54) is 11.1 Å². The van der Waals surface area contributed by atoms with Crippen molar-refractivity contribution in [3.8, 4) is 11.3 Å². The van der Waals surface area contributed by atoms with Gasteiger partial charge in [0.1, 0.15) is 5.69 Å². The third-order valence-corrected chi connectivity index (χ3v) is 3.19. The average Bonchev–Trinajstić information content (AvgIpc) is 2.90. The zero-order valence-corrected chi connectivity index (χ0v) is 11.3.